The zero-order valence-corrected chi connectivity index (χ0v) is 8.22. The van der Waals surface area contributed by atoms with Crippen molar-refractivity contribution in [3.8, 4) is 0 Å². The smallest absolute Gasteiger partial charge is 0.259 e. The summed E-state index contributed by atoms with van der Waals surface area (Å²) in [5.74, 6) is 4.36. The first-order chi connectivity index (χ1) is 3.31. The summed E-state index contributed by atoms with van der Waals surface area (Å²) < 4.78 is 4.40. The van der Waals surface area contributed by atoms with E-state index in [-0.39, 0.29) is 63.9 Å². The van der Waals surface area contributed by atoms with Gasteiger partial charge in [-0.3, -0.25) is 10.2 Å². The van der Waals surface area contributed by atoms with Gasteiger partial charge in [0.1, 0.15) is 6.61 Å². The molecule has 43 valence electrons. The molecule has 0 aliphatic heterocycles. The first kappa shape index (κ1) is 11.8. The maximum atomic E-state index is 10.1. The number of amides is 1. The Morgan fingerprint density at radius 1 is 1.88 bits per heavy atom. The van der Waals surface area contributed by atoms with Gasteiger partial charge in [0.15, 0.2) is 0 Å². The van der Waals surface area contributed by atoms with E-state index < -0.39 is 0 Å². The van der Waals surface area contributed by atoms with E-state index in [1.165, 1.54) is 7.11 Å². The average molecular weight is 143 g/mol. The van der Waals surface area contributed by atoms with Gasteiger partial charge in [-0.1, -0.05) is 0 Å². The van der Waals surface area contributed by atoms with Crippen LogP contribution in [-0.2, 0) is 9.53 Å². The maximum Gasteiger partial charge on any atom is 0.259 e. The van der Waals surface area contributed by atoms with Gasteiger partial charge in [-0.05, 0) is 0 Å². The minimum Gasteiger partial charge on any atom is -0.375 e. The number of ether oxygens (including phenoxy) is 1. The van der Waals surface area contributed by atoms with Crippen molar-refractivity contribution < 1.29 is 9.53 Å². The van der Waals surface area contributed by atoms with Gasteiger partial charge < -0.3 is 4.74 Å². The van der Waals surface area contributed by atoms with Crippen molar-refractivity contribution >= 4 is 57.3 Å². The Labute approximate surface area is 90.5 Å². The van der Waals surface area contributed by atoms with Crippen LogP contribution in [-0.4, -0.2) is 71.0 Å². The van der Waals surface area contributed by atoms with Gasteiger partial charge in [-0.2, -0.15) is 0 Å². The van der Waals surface area contributed by atoms with Gasteiger partial charge in [0.05, 0.1) is 0 Å². The van der Waals surface area contributed by atoms with Crippen molar-refractivity contribution in [3.63, 3.8) is 0 Å². The predicted octanol–water partition coefficient (Wildman–Crippen LogP) is -1.76. The molecule has 0 fully saturated rings. The Balaban J connectivity index is 0. The molecule has 8 heavy (non-hydrogen) atoms. The number of nitrogens with two attached hydrogens (primary N) is 1. The molecule has 0 aromatic heterocycles. The van der Waals surface area contributed by atoms with Crippen LogP contribution in [0.2, 0.25) is 0 Å². The standard InChI is InChI=1S/C3H8N2O2.K/c1-7-2-3(6)5-4;/h2,4H2,1H3,(H,5,6);. The van der Waals surface area contributed by atoms with E-state index >= 15 is 0 Å². The summed E-state index contributed by atoms with van der Waals surface area (Å²) in [4.78, 5) is 10.1. The van der Waals surface area contributed by atoms with E-state index in [9.17, 15) is 4.79 Å². The van der Waals surface area contributed by atoms with Crippen LogP contribution in [0.5, 0.6) is 0 Å². The Hall–Kier alpha value is 1.03. The first-order valence-corrected chi connectivity index (χ1v) is 1.79. The Morgan fingerprint density at radius 3 is 2.50 bits per heavy atom. The van der Waals surface area contributed by atoms with Crippen molar-refractivity contribution in [2.75, 3.05) is 13.7 Å². The van der Waals surface area contributed by atoms with Gasteiger partial charge in [0, 0.05) is 58.5 Å². The molecule has 0 heterocycles. The van der Waals surface area contributed by atoms with E-state index in [0.29, 0.717) is 0 Å². The molecule has 1 radical (unpaired) electrons. The van der Waals surface area contributed by atoms with Gasteiger partial charge in [0.2, 0.25) is 0 Å². The van der Waals surface area contributed by atoms with Crippen molar-refractivity contribution in [2.45, 2.75) is 0 Å². The van der Waals surface area contributed by atoms with E-state index in [2.05, 4.69) is 10.6 Å². The fourth-order valence-electron chi connectivity index (χ4n) is 0.173. The fourth-order valence-corrected chi connectivity index (χ4v) is 0.173. The van der Waals surface area contributed by atoms with Crippen molar-refractivity contribution in [2.24, 2.45) is 5.84 Å². The summed E-state index contributed by atoms with van der Waals surface area (Å²) in [7, 11) is 1.43. The summed E-state index contributed by atoms with van der Waals surface area (Å²) in [6.07, 6.45) is 0. The second-order valence-corrected chi connectivity index (χ2v) is 1.00. The molecule has 0 atom stereocenters. The van der Waals surface area contributed by atoms with Crippen LogP contribution in [0, 0.1) is 0 Å². The van der Waals surface area contributed by atoms with Crippen LogP contribution in [0.4, 0.5) is 0 Å². The molecule has 0 aliphatic rings. The Morgan fingerprint density at radius 2 is 2.38 bits per heavy atom. The van der Waals surface area contributed by atoms with Crippen LogP contribution in [0.25, 0.3) is 0 Å². The zero-order chi connectivity index (χ0) is 5.70. The SMILES string of the molecule is COCC(=O)NN.[K]. The molecular formula is C3H8KN2O2. The largest absolute Gasteiger partial charge is 0.375 e. The van der Waals surface area contributed by atoms with Crippen molar-refractivity contribution in [1.82, 2.24) is 5.43 Å². The molecule has 0 saturated carbocycles. The number of nitrogens with one attached hydrogen (secondary N) is 1. The molecule has 5 heteroatoms. The third-order valence-electron chi connectivity index (χ3n) is 0.436. The fraction of sp³-hybridized carbons (Fsp3) is 0.667. The predicted molar refractivity (Wildman–Crippen MR) is 30.0 cm³/mol. The first-order valence-electron chi connectivity index (χ1n) is 1.79. The molecule has 0 unspecified atom stereocenters. The van der Waals surface area contributed by atoms with Crippen LogP contribution in [0.3, 0.4) is 0 Å². The van der Waals surface area contributed by atoms with Crippen LogP contribution in [0.15, 0.2) is 0 Å². The van der Waals surface area contributed by atoms with Crippen molar-refractivity contribution in [1.29, 1.82) is 0 Å². The molecule has 0 saturated heterocycles. The molecular weight excluding hydrogens is 135 g/mol. The number of hydrogen-bond acceptors (Lipinski definition) is 3. The van der Waals surface area contributed by atoms with Gasteiger partial charge in [-0.15, -0.1) is 0 Å². The topological polar surface area (TPSA) is 64.3 Å². The van der Waals surface area contributed by atoms with Gasteiger partial charge in [0.25, 0.3) is 5.91 Å². The third kappa shape index (κ3) is 7.03. The molecule has 0 rings (SSSR count). The summed E-state index contributed by atoms with van der Waals surface area (Å²) >= 11 is 0. The van der Waals surface area contributed by atoms with E-state index in [4.69, 9.17) is 0 Å². The van der Waals surface area contributed by atoms with Gasteiger partial charge >= 0.3 is 0 Å². The second-order valence-electron chi connectivity index (χ2n) is 1.00. The number of hydrogen-bond donors (Lipinski definition) is 2. The summed E-state index contributed by atoms with van der Waals surface area (Å²) in [6, 6.07) is 0. The van der Waals surface area contributed by atoms with E-state index in [1.807, 2.05) is 5.43 Å². The Bertz CT molecular complexity index is 68.3. The average Bonchev–Trinajstić information content (AvgIpc) is 1.68. The van der Waals surface area contributed by atoms with Crippen LogP contribution < -0.4 is 11.3 Å². The van der Waals surface area contributed by atoms with E-state index in [1.54, 1.807) is 0 Å². The monoisotopic (exact) mass is 143 g/mol. The number of carbonyl (C=O) groups excluding carboxylic acids is 1. The minimum absolute atomic E-state index is 0. The summed E-state index contributed by atoms with van der Waals surface area (Å²) in [6.45, 7) is 0.0243. The minimum atomic E-state index is -0.317. The molecule has 0 aromatic rings. The van der Waals surface area contributed by atoms with Crippen molar-refractivity contribution in [3.05, 3.63) is 0 Å². The molecule has 0 bridgehead atoms. The normalized spacial score (nSPS) is 7.25. The molecule has 1 amide bonds. The van der Waals surface area contributed by atoms with Gasteiger partial charge in [-0.25, -0.2) is 5.84 Å². The summed E-state index contributed by atoms with van der Waals surface area (Å²) in [5.41, 5.74) is 1.90. The molecule has 4 nitrogen and oxygen atoms in total. The number of rotatable bonds is 2. The van der Waals surface area contributed by atoms with Crippen LogP contribution >= 0.6 is 0 Å². The quantitative estimate of drug-likeness (QED) is 0.208. The maximum absolute atomic E-state index is 10.1. The summed E-state index contributed by atoms with van der Waals surface area (Å²) in [5, 5.41) is 0. The zero-order valence-electron chi connectivity index (χ0n) is 5.10. The molecule has 0 aromatic carbocycles. The molecule has 3 N–H and O–H groups in total. The van der Waals surface area contributed by atoms with Crippen LogP contribution in [0.1, 0.15) is 0 Å². The van der Waals surface area contributed by atoms with E-state index in [0.717, 1.165) is 0 Å². The number of methoxy groups -OCH3 is 1. The third-order valence-corrected chi connectivity index (χ3v) is 0.436. The molecule has 0 aliphatic carbocycles. The Kier molecular flexibility index (Phi) is 11.8. The molecule has 0 spiro atoms. The number of carbonyl (C=O) groups is 1. The number of hydrazine groups is 1. The second kappa shape index (κ2) is 8.03.